The number of alkyl halides is 3. The molecule has 2 heterocycles. The minimum Gasteiger partial charge on any atom is -0.366 e. The quantitative estimate of drug-likeness (QED) is 0.655. The van der Waals surface area contributed by atoms with Crippen LogP contribution in [0.5, 0.6) is 0 Å². The molecule has 136 valence electrons. The second kappa shape index (κ2) is 7.19. The number of benzene rings is 1. The van der Waals surface area contributed by atoms with Crippen molar-refractivity contribution in [2.45, 2.75) is 32.5 Å². The van der Waals surface area contributed by atoms with Gasteiger partial charge in [0, 0.05) is 24.0 Å². The predicted octanol–water partition coefficient (Wildman–Crippen LogP) is 5.23. The molecule has 7 heteroatoms. The lowest BCUT2D eigenvalue weighted by Gasteiger charge is -2.11. The van der Waals surface area contributed by atoms with Crippen molar-refractivity contribution in [3.63, 3.8) is 0 Å². The van der Waals surface area contributed by atoms with Crippen molar-refractivity contribution in [1.82, 2.24) is 15.2 Å². The lowest BCUT2D eigenvalue weighted by Crippen LogP contribution is -2.07. The highest BCUT2D eigenvalue weighted by atomic mass is 19.4. The Hall–Kier alpha value is -2.83. The maximum atomic E-state index is 12.8. The molecule has 0 spiro atoms. The number of hydrogen-bond acceptors (Lipinski definition) is 3. The molecule has 0 radical (unpaired) electrons. The Morgan fingerprint density at radius 2 is 1.96 bits per heavy atom. The second-order valence-corrected chi connectivity index (χ2v) is 6.33. The minimum absolute atomic E-state index is 0.253. The maximum absolute atomic E-state index is 12.8. The van der Waals surface area contributed by atoms with Gasteiger partial charge in [-0.15, -0.1) is 0 Å². The number of rotatable bonds is 5. The van der Waals surface area contributed by atoms with E-state index in [4.69, 9.17) is 0 Å². The van der Waals surface area contributed by atoms with Crippen LogP contribution in [-0.4, -0.2) is 15.2 Å². The molecule has 0 unspecified atom stereocenters. The van der Waals surface area contributed by atoms with Gasteiger partial charge in [-0.05, 0) is 41.3 Å². The van der Waals surface area contributed by atoms with E-state index in [0.717, 1.165) is 29.0 Å². The first kappa shape index (κ1) is 18.0. The number of aromatic nitrogens is 3. The van der Waals surface area contributed by atoms with Crippen molar-refractivity contribution in [1.29, 1.82) is 0 Å². The molecule has 26 heavy (non-hydrogen) atoms. The Morgan fingerprint density at radius 3 is 2.69 bits per heavy atom. The monoisotopic (exact) mass is 360 g/mol. The summed E-state index contributed by atoms with van der Waals surface area (Å²) in [6.45, 7) is 4.40. The van der Waals surface area contributed by atoms with Gasteiger partial charge in [0.15, 0.2) is 0 Å². The van der Waals surface area contributed by atoms with Crippen LogP contribution in [-0.2, 0) is 12.7 Å². The van der Waals surface area contributed by atoms with E-state index >= 15 is 0 Å². The highest BCUT2D eigenvalue weighted by Gasteiger charge is 2.30. The minimum atomic E-state index is -4.34. The highest BCUT2D eigenvalue weighted by molar-refractivity contribution is 5.68. The van der Waals surface area contributed by atoms with Crippen LogP contribution in [0.25, 0.3) is 11.1 Å². The van der Waals surface area contributed by atoms with Gasteiger partial charge in [-0.25, -0.2) is 4.98 Å². The number of hydrogen-bond donors (Lipinski definition) is 2. The van der Waals surface area contributed by atoms with Gasteiger partial charge in [0.25, 0.3) is 0 Å². The van der Waals surface area contributed by atoms with Crippen LogP contribution in [0.15, 0.2) is 48.8 Å². The van der Waals surface area contributed by atoms with Crippen molar-refractivity contribution in [3.05, 3.63) is 65.6 Å². The Labute approximate surface area is 149 Å². The molecule has 0 fully saturated rings. The Kier molecular flexibility index (Phi) is 4.97. The Balaban J connectivity index is 1.77. The van der Waals surface area contributed by atoms with Crippen molar-refractivity contribution in [2.75, 3.05) is 5.32 Å². The molecule has 0 aliphatic rings. The molecular weight excluding hydrogens is 341 g/mol. The van der Waals surface area contributed by atoms with Gasteiger partial charge < -0.3 is 5.32 Å². The standard InChI is InChI=1S/C19H19F3N4/c1-12(2)18-16(11-25-26-18)14-6-7-23-17(9-14)24-10-13-4-3-5-15(8-13)19(20,21)22/h3-9,11-12H,10H2,1-2H3,(H,23,24)(H,25,26). The largest absolute Gasteiger partial charge is 0.416 e. The molecule has 0 amide bonds. The molecule has 3 rings (SSSR count). The van der Waals surface area contributed by atoms with Gasteiger partial charge in [0.05, 0.1) is 11.8 Å². The van der Waals surface area contributed by atoms with Crippen LogP contribution in [0.3, 0.4) is 0 Å². The average Bonchev–Trinajstić information content (AvgIpc) is 3.10. The zero-order chi connectivity index (χ0) is 18.7. The summed E-state index contributed by atoms with van der Waals surface area (Å²) in [5, 5.41) is 10.2. The zero-order valence-electron chi connectivity index (χ0n) is 14.4. The van der Waals surface area contributed by atoms with Gasteiger partial charge in [0.1, 0.15) is 5.82 Å². The first-order chi connectivity index (χ1) is 12.3. The third-order valence-electron chi connectivity index (χ3n) is 4.05. The molecule has 0 aliphatic heterocycles. The topological polar surface area (TPSA) is 53.6 Å². The molecule has 1 aromatic carbocycles. The number of halogens is 3. The van der Waals surface area contributed by atoms with E-state index in [0.29, 0.717) is 17.3 Å². The zero-order valence-corrected chi connectivity index (χ0v) is 14.4. The molecule has 3 aromatic rings. The van der Waals surface area contributed by atoms with E-state index in [1.807, 2.05) is 12.1 Å². The molecule has 0 bridgehead atoms. The van der Waals surface area contributed by atoms with Crippen molar-refractivity contribution in [3.8, 4) is 11.1 Å². The summed E-state index contributed by atoms with van der Waals surface area (Å²) in [7, 11) is 0. The Morgan fingerprint density at radius 1 is 1.15 bits per heavy atom. The van der Waals surface area contributed by atoms with Gasteiger partial charge in [-0.3, -0.25) is 5.10 Å². The second-order valence-electron chi connectivity index (χ2n) is 6.33. The molecule has 0 saturated heterocycles. The van der Waals surface area contributed by atoms with Gasteiger partial charge in [-0.1, -0.05) is 26.0 Å². The van der Waals surface area contributed by atoms with Crippen LogP contribution in [0, 0.1) is 0 Å². The summed E-state index contributed by atoms with van der Waals surface area (Å²) in [4.78, 5) is 4.25. The van der Waals surface area contributed by atoms with E-state index < -0.39 is 11.7 Å². The fourth-order valence-corrected chi connectivity index (χ4v) is 2.71. The Bertz CT molecular complexity index is 884. The number of anilines is 1. The summed E-state index contributed by atoms with van der Waals surface area (Å²) in [5.74, 6) is 0.887. The summed E-state index contributed by atoms with van der Waals surface area (Å²) in [6.07, 6.45) is -0.912. The van der Waals surface area contributed by atoms with E-state index in [1.165, 1.54) is 6.07 Å². The van der Waals surface area contributed by atoms with Gasteiger partial charge in [-0.2, -0.15) is 18.3 Å². The van der Waals surface area contributed by atoms with Crippen molar-refractivity contribution < 1.29 is 13.2 Å². The fraction of sp³-hybridized carbons (Fsp3) is 0.263. The smallest absolute Gasteiger partial charge is 0.366 e. The number of H-pyrrole nitrogens is 1. The number of aromatic amines is 1. The van der Waals surface area contributed by atoms with Crippen LogP contribution in [0.2, 0.25) is 0 Å². The van der Waals surface area contributed by atoms with Gasteiger partial charge in [0.2, 0.25) is 0 Å². The summed E-state index contributed by atoms with van der Waals surface area (Å²) in [6, 6.07) is 9.01. The first-order valence-corrected chi connectivity index (χ1v) is 8.24. The molecule has 4 nitrogen and oxygen atoms in total. The van der Waals surface area contributed by atoms with E-state index in [1.54, 1.807) is 18.5 Å². The molecular formula is C19H19F3N4. The summed E-state index contributed by atoms with van der Waals surface area (Å²) >= 11 is 0. The molecule has 0 saturated carbocycles. The number of nitrogens with zero attached hydrogens (tertiary/aromatic N) is 2. The number of nitrogens with one attached hydrogen (secondary N) is 2. The van der Waals surface area contributed by atoms with Crippen molar-refractivity contribution >= 4 is 5.82 Å². The molecule has 0 atom stereocenters. The summed E-state index contributed by atoms with van der Waals surface area (Å²) in [5.41, 5.74) is 2.85. The first-order valence-electron chi connectivity index (χ1n) is 8.24. The van der Waals surface area contributed by atoms with Crippen LogP contribution >= 0.6 is 0 Å². The highest BCUT2D eigenvalue weighted by Crippen LogP contribution is 2.30. The third kappa shape index (κ3) is 4.04. The molecule has 2 aromatic heterocycles. The number of pyridine rings is 1. The molecule has 2 N–H and O–H groups in total. The molecule has 0 aliphatic carbocycles. The van der Waals surface area contributed by atoms with Crippen LogP contribution < -0.4 is 5.32 Å². The lowest BCUT2D eigenvalue weighted by molar-refractivity contribution is -0.137. The predicted molar refractivity (Wildman–Crippen MR) is 94.7 cm³/mol. The normalized spacial score (nSPS) is 11.8. The van der Waals surface area contributed by atoms with Crippen LogP contribution in [0.4, 0.5) is 19.0 Å². The van der Waals surface area contributed by atoms with E-state index in [-0.39, 0.29) is 6.54 Å². The third-order valence-corrected chi connectivity index (χ3v) is 4.05. The lowest BCUT2D eigenvalue weighted by atomic mass is 10.0. The SMILES string of the molecule is CC(C)c1[nH]ncc1-c1ccnc(NCc2cccc(C(F)(F)F)c2)c1. The van der Waals surface area contributed by atoms with E-state index in [9.17, 15) is 13.2 Å². The van der Waals surface area contributed by atoms with Gasteiger partial charge >= 0.3 is 6.18 Å². The van der Waals surface area contributed by atoms with Crippen molar-refractivity contribution in [2.24, 2.45) is 0 Å². The average molecular weight is 360 g/mol. The fourth-order valence-electron chi connectivity index (χ4n) is 2.71. The van der Waals surface area contributed by atoms with Crippen LogP contribution in [0.1, 0.15) is 36.6 Å². The van der Waals surface area contributed by atoms with E-state index in [2.05, 4.69) is 34.3 Å². The maximum Gasteiger partial charge on any atom is 0.416 e. The summed E-state index contributed by atoms with van der Waals surface area (Å²) < 4.78 is 38.4.